The summed E-state index contributed by atoms with van der Waals surface area (Å²) in [7, 11) is 0. The van der Waals surface area contributed by atoms with Gasteiger partial charge in [0.25, 0.3) is 0 Å². The topological polar surface area (TPSA) is 21.7 Å². The molecule has 0 atom stereocenters. The molecule has 0 radical (unpaired) electrons. The second-order valence-corrected chi connectivity index (χ2v) is 4.30. The Bertz CT molecular complexity index is 141. The standard InChI is InChI=1S/C11H23NO2S/c15-11-10-14-9-8-13-7-6-12-4-2-1-3-5-12/h15H,1-11H2. The van der Waals surface area contributed by atoms with Crippen LogP contribution >= 0.6 is 12.6 Å². The van der Waals surface area contributed by atoms with Crippen molar-refractivity contribution in [3.8, 4) is 0 Å². The number of piperidine rings is 1. The molecule has 1 saturated heterocycles. The molecule has 1 heterocycles. The van der Waals surface area contributed by atoms with E-state index in [-0.39, 0.29) is 0 Å². The van der Waals surface area contributed by atoms with Crippen LogP contribution in [-0.2, 0) is 9.47 Å². The van der Waals surface area contributed by atoms with E-state index in [9.17, 15) is 0 Å². The number of rotatable bonds is 8. The van der Waals surface area contributed by atoms with Crippen LogP contribution in [0.1, 0.15) is 19.3 Å². The highest BCUT2D eigenvalue weighted by atomic mass is 32.1. The maximum Gasteiger partial charge on any atom is 0.0701 e. The van der Waals surface area contributed by atoms with Gasteiger partial charge in [-0.15, -0.1) is 0 Å². The second kappa shape index (κ2) is 9.46. The molecule has 0 aliphatic carbocycles. The average Bonchev–Trinajstić information content (AvgIpc) is 2.29. The Hall–Kier alpha value is 0.230. The molecule has 1 aliphatic heterocycles. The fraction of sp³-hybridized carbons (Fsp3) is 1.00. The average molecular weight is 233 g/mol. The monoisotopic (exact) mass is 233 g/mol. The van der Waals surface area contributed by atoms with Crippen LogP contribution < -0.4 is 0 Å². The Kier molecular flexibility index (Phi) is 8.38. The van der Waals surface area contributed by atoms with Crippen molar-refractivity contribution in [1.82, 2.24) is 4.90 Å². The van der Waals surface area contributed by atoms with Gasteiger partial charge >= 0.3 is 0 Å². The molecule has 0 N–H and O–H groups in total. The Morgan fingerprint density at radius 3 is 2.20 bits per heavy atom. The van der Waals surface area contributed by atoms with Crippen molar-refractivity contribution >= 4 is 12.6 Å². The van der Waals surface area contributed by atoms with Crippen molar-refractivity contribution in [3.63, 3.8) is 0 Å². The first-order valence-electron chi connectivity index (χ1n) is 5.92. The number of thiol groups is 1. The normalized spacial score (nSPS) is 18.2. The van der Waals surface area contributed by atoms with Gasteiger partial charge in [-0.2, -0.15) is 12.6 Å². The molecule has 1 rings (SSSR count). The summed E-state index contributed by atoms with van der Waals surface area (Å²) in [6, 6.07) is 0. The maximum absolute atomic E-state index is 5.49. The van der Waals surface area contributed by atoms with Crippen LogP contribution in [0.15, 0.2) is 0 Å². The molecule has 4 heteroatoms. The van der Waals surface area contributed by atoms with E-state index in [0.29, 0.717) is 13.2 Å². The lowest BCUT2D eigenvalue weighted by molar-refractivity contribution is 0.0415. The minimum absolute atomic E-state index is 0.695. The molecule has 15 heavy (non-hydrogen) atoms. The summed E-state index contributed by atoms with van der Waals surface area (Å²) >= 11 is 4.06. The van der Waals surface area contributed by atoms with Crippen molar-refractivity contribution in [1.29, 1.82) is 0 Å². The number of likely N-dealkylation sites (tertiary alicyclic amines) is 1. The lowest BCUT2D eigenvalue weighted by Gasteiger charge is -2.26. The lowest BCUT2D eigenvalue weighted by Crippen LogP contribution is -2.32. The first kappa shape index (κ1) is 13.3. The van der Waals surface area contributed by atoms with Gasteiger partial charge in [0.1, 0.15) is 0 Å². The molecular weight excluding hydrogens is 210 g/mol. The molecular formula is C11H23NO2S. The van der Waals surface area contributed by atoms with Crippen LogP contribution in [0.25, 0.3) is 0 Å². The van der Waals surface area contributed by atoms with Gasteiger partial charge in [-0.3, -0.25) is 0 Å². The first-order valence-corrected chi connectivity index (χ1v) is 6.55. The van der Waals surface area contributed by atoms with E-state index in [1.165, 1.54) is 32.4 Å². The fourth-order valence-electron chi connectivity index (χ4n) is 1.76. The molecule has 90 valence electrons. The highest BCUT2D eigenvalue weighted by Gasteiger charge is 2.08. The lowest BCUT2D eigenvalue weighted by atomic mass is 10.1. The van der Waals surface area contributed by atoms with Crippen molar-refractivity contribution in [2.75, 3.05) is 51.8 Å². The van der Waals surface area contributed by atoms with Gasteiger partial charge in [0, 0.05) is 12.3 Å². The largest absolute Gasteiger partial charge is 0.378 e. The van der Waals surface area contributed by atoms with Crippen LogP contribution in [-0.4, -0.2) is 56.7 Å². The van der Waals surface area contributed by atoms with E-state index < -0.39 is 0 Å². The summed E-state index contributed by atoms with van der Waals surface area (Å²) in [6.07, 6.45) is 4.10. The molecule has 0 aromatic carbocycles. The molecule has 0 bridgehead atoms. The number of hydrogen-bond donors (Lipinski definition) is 1. The summed E-state index contributed by atoms with van der Waals surface area (Å²) in [6.45, 7) is 6.54. The quantitative estimate of drug-likeness (QED) is 0.506. The minimum atomic E-state index is 0.695. The van der Waals surface area contributed by atoms with Crippen molar-refractivity contribution < 1.29 is 9.47 Å². The molecule has 0 spiro atoms. The second-order valence-electron chi connectivity index (χ2n) is 3.85. The fourth-order valence-corrected chi connectivity index (χ4v) is 1.89. The van der Waals surface area contributed by atoms with E-state index in [4.69, 9.17) is 9.47 Å². The van der Waals surface area contributed by atoms with Crippen LogP contribution in [0.4, 0.5) is 0 Å². The number of hydrogen-bond acceptors (Lipinski definition) is 4. The predicted molar refractivity (Wildman–Crippen MR) is 65.8 cm³/mol. The van der Waals surface area contributed by atoms with E-state index in [1.54, 1.807) is 0 Å². The smallest absolute Gasteiger partial charge is 0.0701 e. The molecule has 1 fully saturated rings. The van der Waals surface area contributed by atoms with E-state index in [1.807, 2.05) is 0 Å². The summed E-state index contributed by atoms with van der Waals surface area (Å²) in [5.41, 5.74) is 0. The predicted octanol–water partition coefficient (Wildman–Crippen LogP) is 1.44. The van der Waals surface area contributed by atoms with Gasteiger partial charge in [0.05, 0.1) is 26.4 Å². The van der Waals surface area contributed by atoms with Gasteiger partial charge in [-0.05, 0) is 25.9 Å². The highest BCUT2D eigenvalue weighted by molar-refractivity contribution is 7.80. The summed E-state index contributed by atoms with van der Waals surface area (Å²) < 4.78 is 10.8. The third-order valence-corrected chi connectivity index (χ3v) is 2.79. The number of ether oxygens (including phenoxy) is 2. The van der Waals surface area contributed by atoms with Crippen molar-refractivity contribution in [2.24, 2.45) is 0 Å². The number of nitrogens with zero attached hydrogens (tertiary/aromatic N) is 1. The van der Waals surface area contributed by atoms with Crippen LogP contribution in [0, 0.1) is 0 Å². The Balaban J connectivity index is 1.79. The summed E-state index contributed by atoms with van der Waals surface area (Å²) in [5.74, 6) is 0.785. The first-order chi connectivity index (χ1) is 7.43. The molecule has 0 saturated carbocycles. The SMILES string of the molecule is SCCOCCOCCN1CCCCC1. The zero-order valence-electron chi connectivity index (χ0n) is 9.49. The van der Waals surface area contributed by atoms with E-state index in [0.717, 1.165) is 25.5 Å². The highest BCUT2D eigenvalue weighted by Crippen LogP contribution is 2.07. The molecule has 0 aromatic rings. The minimum Gasteiger partial charge on any atom is -0.378 e. The third kappa shape index (κ3) is 7.17. The summed E-state index contributed by atoms with van der Waals surface area (Å²) in [5, 5.41) is 0. The molecule has 0 unspecified atom stereocenters. The van der Waals surface area contributed by atoms with Crippen molar-refractivity contribution in [2.45, 2.75) is 19.3 Å². The molecule has 0 amide bonds. The van der Waals surface area contributed by atoms with Gasteiger partial charge in [0.15, 0.2) is 0 Å². The summed E-state index contributed by atoms with van der Waals surface area (Å²) in [4.78, 5) is 2.48. The van der Waals surface area contributed by atoms with Gasteiger partial charge in [0.2, 0.25) is 0 Å². The van der Waals surface area contributed by atoms with Gasteiger partial charge in [-0.1, -0.05) is 6.42 Å². The molecule has 0 aromatic heterocycles. The Morgan fingerprint density at radius 2 is 1.53 bits per heavy atom. The maximum atomic E-state index is 5.49. The van der Waals surface area contributed by atoms with Crippen LogP contribution in [0.5, 0.6) is 0 Å². The zero-order valence-corrected chi connectivity index (χ0v) is 10.4. The van der Waals surface area contributed by atoms with Crippen molar-refractivity contribution in [3.05, 3.63) is 0 Å². The molecule has 3 nitrogen and oxygen atoms in total. The molecule has 1 aliphatic rings. The van der Waals surface area contributed by atoms with Crippen LogP contribution in [0.2, 0.25) is 0 Å². The Labute approximate surface area is 98.5 Å². The van der Waals surface area contributed by atoms with Gasteiger partial charge < -0.3 is 14.4 Å². The zero-order chi connectivity index (χ0) is 10.8. The van der Waals surface area contributed by atoms with Crippen LogP contribution in [0.3, 0.4) is 0 Å². The van der Waals surface area contributed by atoms with E-state index >= 15 is 0 Å². The third-order valence-electron chi connectivity index (χ3n) is 2.61. The van der Waals surface area contributed by atoms with E-state index in [2.05, 4.69) is 17.5 Å². The van der Waals surface area contributed by atoms with Gasteiger partial charge in [-0.25, -0.2) is 0 Å². The Morgan fingerprint density at radius 1 is 0.867 bits per heavy atom.